The van der Waals surface area contributed by atoms with E-state index in [2.05, 4.69) is 15.5 Å². The Kier molecular flexibility index (Phi) is 2.59. The van der Waals surface area contributed by atoms with E-state index in [-0.39, 0.29) is 0 Å². The van der Waals surface area contributed by atoms with Gasteiger partial charge in [-0.1, -0.05) is 0 Å². The van der Waals surface area contributed by atoms with Crippen molar-refractivity contribution >= 4 is 0 Å². The molecule has 2 heterocycles. The van der Waals surface area contributed by atoms with Gasteiger partial charge in [-0.15, -0.1) is 10.2 Å². The minimum atomic E-state index is 0.747. The second kappa shape index (κ2) is 3.87. The number of nitrogens with zero attached hydrogens (tertiary/aromatic N) is 3. The van der Waals surface area contributed by atoms with Crippen molar-refractivity contribution in [2.45, 2.75) is 19.3 Å². The van der Waals surface area contributed by atoms with E-state index in [4.69, 9.17) is 0 Å². The van der Waals surface area contributed by atoms with E-state index in [1.54, 1.807) is 6.33 Å². The maximum atomic E-state index is 4.10. The number of nitrogens with one attached hydrogen (secondary N) is 1. The lowest BCUT2D eigenvalue weighted by Gasteiger charge is -2.21. The maximum Gasteiger partial charge on any atom is 0.132 e. The van der Waals surface area contributed by atoms with Crippen molar-refractivity contribution < 1.29 is 0 Å². The highest BCUT2D eigenvalue weighted by Gasteiger charge is 2.15. The summed E-state index contributed by atoms with van der Waals surface area (Å²) >= 11 is 0. The Morgan fingerprint density at radius 3 is 3.23 bits per heavy atom. The third-order valence-corrected chi connectivity index (χ3v) is 2.68. The molecular formula is C9H16N4. The van der Waals surface area contributed by atoms with E-state index in [9.17, 15) is 0 Å². The molecule has 1 unspecified atom stereocenters. The van der Waals surface area contributed by atoms with Crippen molar-refractivity contribution in [3.63, 3.8) is 0 Å². The fourth-order valence-electron chi connectivity index (χ4n) is 1.85. The van der Waals surface area contributed by atoms with E-state index in [1.807, 2.05) is 11.6 Å². The van der Waals surface area contributed by atoms with Gasteiger partial charge in [-0.05, 0) is 31.8 Å². The van der Waals surface area contributed by atoms with Gasteiger partial charge in [0.15, 0.2) is 0 Å². The van der Waals surface area contributed by atoms with Gasteiger partial charge in [0.05, 0.1) is 0 Å². The fourth-order valence-corrected chi connectivity index (χ4v) is 1.85. The van der Waals surface area contributed by atoms with Crippen LogP contribution in [-0.2, 0) is 13.5 Å². The van der Waals surface area contributed by atoms with Crippen molar-refractivity contribution in [2.75, 3.05) is 13.1 Å². The lowest BCUT2D eigenvalue weighted by molar-refractivity contribution is 0.368. The second-order valence-electron chi connectivity index (χ2n) is 3.77. The number of aromatic nitrogens is 3. The molecule has 1 atom stereocenters. The standard InChI is InChI=1S/C9H16N4/c1-13-7-11-12-9(13)5-8-3-2-4-10-6-8/h7-8,10H,2-6H2,1H3. The number of piperidine rings is 1. The zero-order valence-corrected chi connectivity index (χ0v) is 8.03. The van der Waals surface area contributed by atoms with Crippen molar-refractivity contribution in [1.82, 2.24) is 20.1 Å². The van der Waals surface area contributed by atoms with Gasteiger partial charge in [0.1, 0.15) is 12.2 Å². The molecule has 1 N–H and O–H groups in total. The molecule has 72 valence electrons. The van der Waals surface area contributed by atoms with Gasteiger partial charge in [-0.25, -0.2) is 0 Å². The summed E-state index contributed by atoms with van der Waals surface area (Å²) in [6, 6.07) is 0. The number of hydrogen-bond donors (Lipinski definition) is 1. The quantitative estimate of drug-likeness (QED) is 0.714. The second-order valence-corrected chi connectivity index (χ2v) is 3.77. The largest absolute Gasteiger partial charge is 0.321 e. The monoisotopic (exact) mass is 180 g/mol. The van der Waals surface area contributed by atoms with E-state index in [0.717, 1.165) is 24.7 Å². The van der Waals surface area contributed by atoms with Gasteiger partial charge in [-0.2, -0.15) is 0 Å². The van der Waals surface area contributed by atoms with E-state index in [0.29, 0.717) is 0 Å². The van der Waals surface area contributed by atoms with E-state index in [1.165, 1.54) is 19.4 Å². The van der Waals surface area contributed by atoms with Crippen molar-refractivity contribution in [3.05, 3.63) is 12.2 Å². The van der Waals surface area contributed by atoms with Gasteiger partial charge in [0.2, 0.25) is 0 Å². The van der Waals surface area contributed by atoms with Crippen LogP contribution in [0.2, 0.25) is 0 Å². The number of rotatable bonds is 2. The summed E-state index contributed by atoms with van der Waals surface area (Å²) in [6.07, 6.45) is 5.44. The normalized spacial score (nSPS) is 23.3. The van der Waals surface area contributed by atoms with Gasteiger partial charge in [0.25, 0.3) is 0 Å². The van der Waals surface area contributed by atoms with Gasteiger partial charge in [0, 0.05) is 13.5 Å². The predicted molar refractivity (Wildman–Crippen MR) is 50.3 cm³/mol. The summed E-state index contributed by atoms with van der Waals surface area (Å²) in [5.74, 6) is 1.85. The zero-order chi connectivity index (χ0) is 9.10. The molecule has 0 amide bonds. The van der Waals surface area contributed by atoms with Crippen molar-refractivity contribution in [1.29, 1.82) is 0 Å². The Morgan fingerprint density at radius 1 is 1.69 bits per heavy atom. The lowest BCUT2D eigenvalue weighted by atomic mass is 9.96. The first-order valence-electron chi connectivity index (χ1n) is 4.90. The summed E-state index contributed by atoms with van der Waals surface area (Å²) < 4.78 is 2.01. The number of aryl methyl sites for hydroxylation is 1. The molecule has 13 heavy (non-hydrogen) atoms. The third kappa shape index (κ3) is 2.06. The maximum absolute atomic E-state index is 4.10. The van der Waals surface area contributed by atoms with Crippen LogP contribution in [0.25, 0.3) is 0 Å². The van der Waals surface area contributed by atoms with Crippen LogP contribution < -0.4 is 5.32 Å². The fraction of sp³-hybridized carbons (Fsp3) is 0.778. The lowest BCUT2D eigenvalue weighted by Crippen LogP contribution is -2.31. The molecule has 1 aliphatic heterocycles. The molecule has 1 saturated heterocycles. The topological polar surface area (TPSA) is 42.7 Å². The van der Waals surface area contributed by atoms with Gasteiger partial charge in [-0.3, -0.25) is 0 Å². The van der Waals surface area contributed by atoms with Gasteiger partial charge >= 0.3 is 0 Å². The first kappa shape index (κ1) is 8.69. The van der Waals surface area contributed by atoms with Crippen molar-refractivity contribution in [2.24, 2.45) is 13.0 Å². The third-order valence-electron chi connectivity index (χ3n) is 2.68. The average Bonchev–Trinajstić information content (AvgIpc) is 2.54. The minimum absolute atomic E-state index is 0.747. The molecule has 1 aromatic heterocycles. The first-order valence-corrected chi connectivity index (χ1v) is 4.90. The summed E-state index contributed by atoms with van der Waals surface area (Å²) in [5, 5.41) is 11.4. The molecule has 0 aliphatic carbocycles. The Balaban J connectivity index is 1.93. The van der Waals surface area contributed by atoms with Crippen LogP contribution in [-0.4, -0.2) is 27.9 Å². The summed E-state index contributed by atoms with van der Waals surface area (Å²) in [7, 11) is 2.01. The van der Waals surface area contributed by atoms with Crippen LogP contribution in [0.5, 0.6) is 0 Å². The molecule has 4 nitrogen and oxygen atoms in total. The first-order chi connectivity index (χ1) is 6.36. The molecule has 4 heteroatoms. The predicted octanol–water partition coefficient (Wildman–Crippen LogP) is 0.357. The van der Waals surface area contributed by atoms with E-state index < -0.39 is 0 Å². The Morgan fingerprint density at radius 2 is 2.62 bits per heavy atom. The smallest absolute Gasteiger partial charge is 0.132 e. The molecule has 0 radical (unpaired) electrons. The highest BCUT2D eigenvalue weighted by molar-refractivity contribution is 4.88. The molecule has 0 spiro atoms. The minimum Gasteiger partial charge on any atom is -0.321 e. The van der Waals surface area contributed by atoms with Crippen LogP contribution >= 0.6 is 0 Å². The van der Waals surface area contributed by atoms with Crippen LogP contribution in [0.3, 0.4) is 0 Å². The average molecular weight is 180 g/mol. The van der Waals surface area contributed by atoms with Gasteiger partial charge < -0.3 is 9.88 Å². The summed E-state index contributed by atoms with van der Waals surface area (Å²) in [4.78, 5) is 0. The molecule has 1 fully saturated rings. The Labute approximate surface area is 78.4 Å². The Bertz CT molecular complexity index is 262. The molecule has 0 saturated carbocycles. The SMILES string of the molecule is Cn1cnnc1CC1CCCNC1. The van der Waals surface area contributed by atoms with Crippen molar-refractivity contribution in [3.8, 4) is 0 Å². The van der Waals surface area contributed by atoms with Crippen LogP contribution in [0, 0.1) is 5.92 Å². The van der Waals surface area contributed by atoms with Crippen LogP contribution in [0.4, 0.5) is 0 Å². The van der Waals surface area contributed by atoms with Crippen LogP contribution in [0.15, 0.2) is 6.33 Å². The highest BCUT2D eigenvalue weighted by atomic mass is 15.2. The van der Waals surface area contributed by atoms with E-state index >= 15 is 0 Å². The van der Waals surface area contributed by atoms with Crippen LogP contribution in [0.1, 0.15) is 18.7 Å². The molecule has 1 aromatic rings. The molecule has 2 rings (SSSR count). The zero-order valence-electron chi connectivity index (χ0n) is 8.03. The molecule has 0 bridgehead atoms. The summed E-state index contributed by atoms with van der Waals surface area (Å²) in [6.45, 7) is 2.31. The highest BCUT2D eigenvalue weighted by Crippen LogP contribution is 2.14. The summed E-state index contributed by atoms with van der Waals surface area (Å²) in [5.41, 5.74) is 0. The Hall–Kier alpha value is -0.900. The molecule has 0 aromatic carbocycles. The number of hydrogen-bond acceptors (Lipinski definition) is 3. The molecular weight excluding hydrogens is 164 g/mol. The molecule has 1 aliphatic rings.